The second-order valence-corrected chi connectivity index (χ2v) is 8.38. The number of amidine groups is 1. The van der Waals surface area contributed by atoms with Gasteiger partial charge in [0, 0.05) is 6.04 Å². The van der Waals surface area contributed by atoms with Crippen LogP contribution in [0.15, 0.2) is 52.4 Å². The number of ether oxygens (including phenoxy) is 2. The van der Waals surface area contributed by atoms with Gasteiger partial charge in [0.2, 0.25) is 0 Å². The third-order valence-corrected chi connectivity index (χ3v) is 5.54. The zero-order valence-electron chi connectivity index (χ0n) is 18.1. The van der Waals surface area contributed by atoms with E-state index in [-0.39, 0.29) is 11.9 Å². The number of carbonyl (C=O) groups excluding carboxylic acids is 1. The largest absolute Gasteiger partial charge is 0.493 e. The summed E-state index contributed by atoms with van der Waals surface area (Å²) in [5.41, 5.74) is 2.89. The van der Waals surface area contributed by atoms with E-state index in [1.807, 2.05) is 69.3 Å². The van der Waals surface area contributed by atoms with Crippen LogP contribution >= 0.6 is 11.8 Å². The molecule has 1 aliphatic rings. The summed E-state index contributed by atoms with van der Waals surface area (Å²) in [6.07, 6.45) is 2.81. The minimum absolute atomic E-state index is 0.0134. The molecule has 2 aromatic rings. The number of methoxy groups -OCH3 is 1. The summed E-state index contributed by atoms with van der Waals surface area (Å²) >= 11 is 1.40. The van der Waals surface area contributed by atoms with Crippen molar-refractivity contribution >= 4 is 34.6 Å². The molecule has 0 radical (unpaired) electrons. The predicted octanol–water partition coefficient (Wildman–Crippen LogP) is 5.80. The summed E-state index contributed by atoms with van der Waals surface area (Å²) < 4.78 is 11.2. The normalized spacial score (nSPS) is 16.7. The highest BCUT2D eigenvalue weighted by Crippen LogP contribution is 2.36. The van der Waals surface area contributed by atoms with Crippen molar-refractivity contribution < 1.29 is 14.3 Å². The highest BCUT2D eigenvalue weighted by Gasteiger charge is 2.35. The van der Waals surface area contributed by atoms with Crippen LogP contribution in [0.4, 0.5) is 5.69 Å². The van der Waals surface area contributed by atoms with Crippen LogP contribution in [0.1, 0.15) is 38.3 Å². The molecular weight excluding hydrogens is 396 g/mol. The molecule has 5 nitrogen and oxygen atoms in total. The first kappa shape index (κ1) is 22.0. The summed E-state index contributed by atoms with van der Waals surface area (Å²) in [4.78, 5) is 20.2. The first-order chi connectivity index (χ1) is 14.4. The van der Waals surface area contributed by atoms with Crippen LogP contribution < -0.4 is 9.47 Å². The molecule has 0 aromatic heterocycles. The second-order valence-electron chi connectivity index (χ2n) is 7.37. The van der Waals surface area contributed by atoms with E-state index in [0.717, 1.165) is 17.7 Å². The fourth-order valence-corrected chi connectivity index (χ4v) is 4.13. The van der Waals surface area contributed by atoms with Crippen molar-refractivity contribution in [3.05, 3.63) is 58.5 Å². The van der Waals surface area contributed by atoms with Gasteiger partial charge in [0.25, 0.3) is 5.91 Å². The molecule has 0 atom stereocenters. The van der Waals surface area contributed by atoms with Gasteiger partial charge in [-0.3, -0.25) is 9.69 Å². The lowest BCUT2D eigenvalue weighted by Gasteiger charge is -2.19. The van der Waals surface area contributed by atoms with Gasteiger partial charge in [-0.05, 0) is 74.9 Å². The van der Waals surface area contributed by atoms with Gasteiger partial charge in [0.05, 0.1) is 24.3 Å². The van der Waals surface area contributed by atoms with Gasteiger partial charge < -0.3 is 9.47 Å². The predicted molar refractivity (Wildman–Crippen MR) is 125 cm³/mol. The molecule has 1 amide bonds. The van der Waals surface area contributed by atoms with E-state index >= 15 is 0 Å². The number of aryl methyl sites for hydroxylation is 1. The van der Waals surface area contributed by atoms with Crippen molar-refractivity contribution in [2.24, 2.45) is 4.99 Å². The van der Waals surface area contributed by atoms with Crippen LogP contribution in [0.3, 0.4) is 0 Å². The van der Waals surface area contributed by atoms with Crippen LogP contribution in [-0.2, 0) is 4.79 Å². The van der Waals surface area contributed by atoms with Gasteiger partial charge in [-0.15, -0.1) is 0 Å². The number of hydrogen-bond acceptors (Lipinski definition) is 5. The van der Waals surface area contributed by atoms with Crippen LogP contribution in [0.2, 0.25) is 0 Å². The third kappa shape index (κ3) is 5.05. The maximum atomic E-state index is 13.1. The van der Waals surface area contributed by atoms with Crippen LogP contribution in [0, 0.1) is 6.92 Å². The number of aliphatic imine (C=N–C) groups is 1. The van der Waals surface area contributed by atoms with E-state index in [2.05, 4.69) is 6.92 Å². The van der Waals surface area contributed by atoms with Gasteiger partial charge in [-0.25, -0.2) is 4.99 Å². The quantitative estimate of drug-likeness (QED) is 0.527. The fourth-order valence-electron chi connectivity index (χ4n) is 3.01. The van der Waals surface area contributed by atoms with Crippen molar-refractivity contribution in [3.63, 3.8) is 0 Å². The van der Waals surface area contributed by atoms with Gasteiger partial charge in [-0.2, -0.15) is 0 Å². The third-order valence-electron chi connectivity index (χ3n) is 4.56. The molecule has 0 unspecified atom stereocenters. The molecule has 6 heteroatoms. The number of hydrogen-bond donors (Lipinski definition) is 0. The van der Waals surface area contributed by atoms with Crippen molar-refractivity contribution in [2.75, 3.05) is 13.7 Å². The van der Waals surface area contributed by atoms with Crippen molar-refractivity contribution in [1.29, 1.82) is 0 Å². The summed E-state index contributed by atoms with van der Waals surface area (Å²) in [5, 5.41) is 0.694. The van der Waals surface area contributed by atoms with Crippen molar-refractivity contribution in [3.8, 4) is 11.5 Å². The maximum Gasteiger partial charge on any atom is 0.266 e. The van der Waals surface area contributed by atoms with E-state index in [1.165, 1.54) is 17.3 Å². The molecule has 1 heterocycles. The molecule has 0 spiro atoms. The van der Waals surface area contributed by atoms with Gasteiger partial charge >= 0.3 is 0 Å². The van der Waals surface area contributed by atoms with Crippen molar-refractivity contribution in [1.82, 2.24) is 4.90 Å². The van der Waals surface area contributed by atoms with Gasteiger partial charge in [-0.1, -0.05) is 30.7 Å². The molecule has 0 saturated carbocycles. The second kappa shape index (κ2) is 9.85. The van der Waals surface area contributed by atoms with Gasteiger partial charge in [0.1, 0.15) is 0 Å². The average molecular weight is 425 g/mol. The summed E-state index contributed by atoms with van der Waals surface area (Å²) in [6, 6.07) is 13.7. The number of nitrogens with zero attached hydrogens (tertiary/aromatic N) is 2. The highest BCUT2D eigenvalue weighted by atomic mass is 32.2. The lowest BCUT2D eigenvalue weighted by molar-refractivity contribution is -0.123. The number of carbonyl (C=O) groups is 1. The molecule has 1 fully saturated rings. The Morgan fingerprint density at radius 1 is 1.13 bits per heavy atom. The van der Waals surface area contributed by atoms with E-state index in [9.17, 15) is 4.79 Å². The van der Waals surface area contributed by atoms with E-state index < -0.39 is 0 Å². The monoisotopic (exact) mass is 424 g/mol. The average Bonchev–Trinajstić information content (AvgIpc) is 3.03. The fraction of sp³-hybridized carbons (Fsp3) is 0.333. The van der Waals surface area contributed by atoms with E-state index in [0.29, 0.717) is 28.2 Å². The molecule has 2 aromatic carbocycles. The van der Waals surface area contributed by atoms with Crippen LogP contribution in [-0.4, -0.2) is 35.7 Å². The summed E-state index contributed by atoms with van der Waals surface area (Å²) in [7, 11) is 1.62. The number of rotatable bonds is 7. The molecule has 0 N–H and O–H groups in total. The minimum atomic E-state index is -0.0360. The maximum absolute atomic E-state index is 13.1. The Morgan fingerprint density at radius 2 is 1.87 bits per heavy atom. The molecule has 3 rings (SSSR count). The minimum Gasteiger partial charge on any atom is -0.493 e. The van der Waals surface area contributed by atoms with Crippen LogP contribution in [0.25, 0.3) is 6.08 Å². The Hall–Kier alpha value is -2.73. The standard InChI is InChI=1S/C24H28N2O3S/c1-6-13-29-20-12-9-18(14-21(20)28-5)15-22-23(27)26(16(2)3)24(30-22)25-19-10-7-17(4)8-11-19/h7-12,14-16H,6,13H2,1-5H3/b22-15+,25-24?. The van der Waals surface area contributed by atoms with Gasteiger partial charge in [0.15, 0.2) is 16.7 Å². The first-order valence-electron chi connectivity index (χ1n) is 10.1. The smallest absolute Gasteiger partial charge is 0.266 e. The molecular formula is C24H28N2O3S. The molecule has 30 heavy (non-hydrogen) atoms. The zero-order valence-corrected chi connectivity index (χ0v) is 19.0. The van der Waals surface area contributed by atoms with Crippen molar-refractivity contribution in [2.45, 2.75) is 40.2 Å². The zero-order chi connectivity index (χ0) is 21.7. The lowest BCUT2D eigenvalue weighted by Crippen LogP contribution is -2.35. The number of benzene rings is 2. The SMILES string of the molecule is CCCOc1ccc(/C=C2/SC(=Nc3ccc(C)cc3)N(C(C)C)C2=O)cc1OC. The Bertz CT molecular complexity index is 965. The van der Waals surface area contributed by atoms with E-state index in [4.69, 9.17) is 14.5 Å². The lowest BCUT2D eigenvalue weighted by atomic mass is 10.1. The summed E-state index contributed by atoms with van der Waals surface area (Å²) in [5.74, 6) is 1.32. The Kier molecular flexibility index (Phi) is 7.21. The molecule has 1 aliphatic heterocycles. The Balaban J connectivity index is 1.91. The molecule has 0 aliphatic carbocycles. The van der Waals surface area contributed by atoms with E-state index in [1.54, 1.807) is 12.0 Å². The Labute approximate surface area is 182 Å². The van der Waals surface area contributed by atoms with Crippen LogP contribution in [0.5, 0.6) is 11.5 Å². The summed E-state index contributed by atoms with van der Waals surface area (Å²) in [6.45, 7) is 8.72. The number of amides is 1. The Morgan fingerprint density at radius 3 is 2.50 bits per heavy atom. The highest BCUT2D eigenvalue weighted by molar-refractivity contribution is 8.18. The molecule has 158 valence electrons. The first-order valence-corrected chi connectivity index (χ1v) is 10.9. The molecule has 1 saturated heterocycles. The number of thioether (sulfide) groups is 1. The topological polar surface area (TPSA) is 51.1 Å². The molecule has 0 bridgehead atoms.